The molecule has 0 spiro atoms. The van der Waals surface area contributed by atoms with Crippen molar-refractivity contribution >= 4 is 6.09 Å². The summed E-state index contributed by atoms with van der Waals surface area (Å²) in [5.41, 5.74) is 0.587. The lowest BCUT2D eigenvalue weighted by molar-refractivity contribution is -0.0962. The third-order valence-electron chi connectivity index (χ3n) is 3.63. The normalized spacial score (nSPS) is 14.1. The molecule has 2 unspecified atom stereocenters. The molecule has 1 aromatic rings. The molecule has 0 saturated heterocycles. The van der Waals surface area contributed by atoms with Gasteiger partial charge >= 0.3 is 6.09 Å². The van der Waals surface area contributed by atoms with Crippen molar-refractivity contribution in [1.29, 1.82) is 0 Å². The molecule has 0 saturated carbocycles. The highest BCUT2D eigenvalue weighted by Gasteiger charge is 2.31. The van der Waals surface area contributed by atoms with Crippen molar-refractivity contribution in [2.24, 2.45) is 5.41 Å². The number of hydroxylamine groups is 2. The Morgan fingerprint density at radius 1 is 1.29 bits per heavy atom. The number of hydrogen-bond donors (Lipinski definition) is 3. The second-order valence-corrected chi connectivity index (χ2v) is 6.90. The van der Waals surface area contributed by atoms with Crippen LogP contribution in [0.15, 0.2) is 30.3 Å². The van der Waals surface area contributed by atoms with Gasteiger partial charge in [0.1, 0.15) is 12.3 Å². The molecule has 136 valence electrons. The molecule has 0 aliphatic carbocycles. The van der Waals surface area contributed by atoms with Crippen LogP contribution in [0, 0.1) is 5.41 Å². The van der Waals surface area contributed by atoms with Gasteiger partial charge in [-0.1, -0.05) is 58.0 Å². The zero-order chi connectivity index (χ0) is 18.2. The molecule has 1 amide bonds. The molecule has 0 aromatic heterocycles. The molecule has 0 bridgehead atoms. The summed E-state index contributed by atoms with van der Waals surface area (Å²) in [6.07, 6.45) is -0.674. The summed E-state index contributed by atoms with van der Waals surface area (Å²) in [6.45, 7) is 8.44. The minimum absolute atomic E-state index is 0.133. The molecule has 1 rings (SSSR count). The first-order valence-electron chi connectivity index (χ1n) is 8.39. The van der Waals surface area contributed by atoms with E-state index in [1.54, 1.807) is 0 Å². The Kier molecular flexibility index (Phi) is 8.18. The van der Waals surface area contributed by atoms with Crippen molar-refractivity contribution in [3.05, 3.63) is 35.9 Å². The largest absolute Gasteiger partial charge is 0.439 e. The van der Waals surface area contributed by atoms with E-state index in [2.05, 4.69) is 5.32 Å². The fourth-order valence-electron chi connectivity index (χ4n) is 2.27. The van der Waals surface area contributed by atoms with Crippen LogP contribution in [-0.4, -0.2) is 40.8 Å². The Hall–Kier alpha value is -1.63. The molecule has 0 aliphatic rings. The van der Waals surface area contributed by atoms with Gasteiger partial charge in [-0.05, 0) is 24.9 Å². The van der Waals surface area contributed by atoms with Crippen LogP contribution in [0.25, 0.3) is 0 Å². The van der Waals surface area contributed by atoms with Gasteiger partial charge in [0.25, 0.3) is 0 Å². The van der Waals surface area contributed by atoms with E-state index in [1.165, 1.54) is 0 Å². The Morgan fingerprint density at radius 3 is 2.46 bits per heavy atom. The number of hydrogen-bond acceptors (Lipinski definition) is 5. The third kappa shape index (κ3) is 6.86. The first-order chi connectivity index (χ1) is 11.3. The van der Waals surface area contributed by atoms with Crippen molar-refractivity contribution in [2.45, 2.75) is 52.9 Å². The quantitative estimate of drug-likeness (QED) is 0.293. The second-order valence-electron chi connectivity index (χ2n) is 6.90. The van der Waals surface area contributed by atoms with Crippen molar-refractivity contribution in [3.63, 3.8) is 0 Å². The molecule has 3 N–H and O–H groups in total. The van der Waals surface area contributed by atoms with Gasteiger partial charge in [0.05, 0.1) is 6.54 Å². The van der Waals surface area contributed by atoms with Crippen molar-refractivity contribution in [3.8, 4) is 0 Å². The Labute approximate surface area is 144 Å². The van der Waals surface area contributed by atoms with Gasteiger partial charge in [-0.15, -0.1) is 0 Å². The highest BCUT2D eigenvalue weighted by Crippen LogP contribution is 2.36. The molecule has 2 atom stereocenters. The summed E-state index contributed by atoms with van der Waals surface area (Å²) in [7, 11) is 0. The monoisotopic (exact) mass is 338 g/mol. The lowest BCUT2D eigenvalue weighted by Crippen LogP contribution is -2.35. The molecular weight excluding hydrogens is 308 g/mol. The second kappa shape index (κ2) is 9.61. The van der Waals surface area contributed by atoms with E-state index in [-0.39, 0.29) is 12.0 Å². The van der Waals surface area contributed by atoms with Crippen LogP contribution in [-0.2, 0) is 4.74 Å². The smallest absolute Gasteiger partial charge is 0.434 e. The number of carbonyl (C=O) groups excluding carboxylic acids is 1. The van der Waals surface area contributed by atoms with E-state index < -0.39 is 18.4 Å². The Morgan fingerprint density at radius 2 is 1.92 bits per heavy atom. The number of carbonyl (C=O) groups is 1. The number of aliphatic hydroxyl groups is 1. The number of nitrogens with one attached hydrogen (secondary N) is 1. The third-order valence-corrected chi connectivity index (χ3v) is 3.63. The van der Waals surface area contributed by atoms with Gasteiger partial charge in [0, 0.05) is 5.41 Å². The van der Waals surface area contributed by atoms with Gasteiger partial charge in [-0.2, -0.15) is 5.06 Å². The van der Waals surface area contributed by atoms with E-state index >= 15 is 0 Å². The number of amides is 1. The van der Waals surface area contributed by atoms with Crippen molar-refractivity contribution < 1.29 is 19.8 Å². The van der Waals surface area contributed by atoms with Crippen molar-refractivity contribution in [1.82, 2.24) is 10.4 Å². The fraction of sp³-hybridized carbons (Fsp3) is 0.611. The van der Waals surface area contributed by atoms with E-state index in [1.807, 2.05) is 58.0 Å². The van der Waals surface area contributed by atoms with Gasteiger partial charge in [-0.25, -0.2) is 4.79 Å². The summed E-state index contributed by atoms with van der Waals surface area (Å²) >= 11 is 0. The van der Waals surface area contributed by atoms with Gasteiger partial charge in [0.2, 0.25) is 0 Å². The maximum atomic E-state index is 12.1. The highest BCUT2D eigenvalue weighted by molar-refractivity contribution is 5.66. The van der Waals surface area contributed by atoms with Crippen LogP contribution in [0.3, 0.4) is 0 Å². The molecule has 0 radical (unpaired) electrons. The van der Waals surface area contributed by atoms with Crippen LogP contribution >= 0.6 is 0 Å². The molecular formula is C18H30N2O4. The van der Waals surface area contributed by atoms with Crippen molar-refractivity contribution in [2.75, 3.05) is 13.1 Å². The van der Waals surface area contributed by atoms with Crippen LogP contribution in [0.2, 0.25) is 0 Å². The predicted molar refractivity (Wildman–Crippen MR) is 92.5 cm³/mol. The predicted octanol–water partition coefficient (Wildman–Crippen LogP) is 3.31. The molecule has 0 aliphatic heterocycles. The van der Waals surface area contributed by atoms with E-state index in [0.717, 1.165) is 5.56 Å². The van der Waals surface area contributed by atoms with Crippen LogP contribution in [0.5, 0.6) is 0 Å². The summed E-state index contributed by atoms with van der Waals surface area (Å²) in [5, 5.41) is 22.7. The lowest BCUT2D eigenvalue weighted by atomic mass is 9.84. The van der Waals surface area contributed by atoms with E-state index in [4.69, 9.17) is 4.74 Å². The lowest BCUT2D eigenvalue weighted by Gasteiger charge is -2.31. The highest BCUT2D eigenvalue weighted by atomic mass is 16.6. The summed E-state index contributed by atoms with van der Waals surface area (Å²) < 4.78 is 5.53. The molecule has 0 heterocycles. The summed E-state index contributed by atoms with van der Waals surface area (Å²) in [4.78, 5) is 12.1. The number of nitrogens with zero attached hydrogens (tertiary/aromatic N) is 1. The number of rotatable bonds is 8. The molecule has 24 heavy (non-hydrogen) atoms. The van der Waals surface area contributed by atoms with Gasteiger partial charge in [-0.3, -0.25) is 10.5 Å². The molecule has 6 heteroatoms. The SMILES string of the molecule is CCC(O)NCCCN(O)C(=O)OC(c1ccccc1)C(C)(C)C. The maximum Gasteiger partial charge on any atom is 0.434 e. The summed E-state index contributed by atoms with van der Waals surface area (Å²) in [6, 6.07) is 9.50. The van der Waals surface area contributed by atoms with Crippen LogP contribution in [0.4, 0.5) is 4.79 Å². The maximum absolute atomic E-state index is 12.1. The first kappa shape index (κ1) is 20.4. The van der Waals surface area contributed by atoms with E-state index in [9.17, 15) is 15.1 Å². The number of benzene rings is 1. The zero-order valence-corrected chi connectivity index (χ0v) is 15.0. The van der Waals surface area contributed by atoms with Gasteiger partial charge < -0.3 is 9.84 Å². The molecule has 6 nitrogen and oxygen atoms in total. The van der Waals surface area contributed by atoms with E-state index in [0.29, 0.717) is 24.4 Å². The Balaban J connectivity index is 2.56. The minimum Gasteiger partial charge on any atom is -0.439 e. The fourth-order valence-corrected chi connectivity index (χ4v) is 2.27. The average molecular weight is 338 g/mol. The topological polar surface area (TPSA) is 82.0 Å². The minimum atomic E-state index is -0.769. The standard InChI is InChI=1S/C18H30N2O4/c1-5-15(21)19-12-9-13-20(23)17(22)24-16(18(2,3)4)14-10-7-6-8-11-14/h6-8,10-11,15-16,19,21,23H,5,9,12-13H2,1-4H3. The zero-order valence-electron chi connectivity index (χ0n) is 15.0. The van der Waals surface area contributed by atoms with Gasteiger partial charge in [0.15, 0.2) is 0 Å². The first-order valence-corrected chi connectivity index (χ1v) is 8.39. The molecule has 0 fully saturated rings. The number of aliphatic hydroxyl groups excluding tert-OH is 1. The molecule has 1 aromatic carbocycles. The number of ether oxygens (including phenoxy) is 1. The summed E-state index contributed by atoms with van der Waals surface area (Å²) in [5.74, 6) is 0. The average Bonchev–Trinajstić information content (AvgIpc) is 2.55. The van der Waals surface area contributed by atoms with Crippen LogP contribution < -0.4 is 5.32 Å². The Bertz CT molecular complexity index is 488. The van der Waals surface area contributed by atoms with Crippen LogP contribution in [0.1, 0.15) is 52.2 Å².